The van der Waals surface area contributed by atoms with Crippen molar-refractivity contribution < 1.29 is 28.1 Å². The number of aryl methyl sites for hydroxylation is 1. The molecule has 0 aromatic heterocycles. The van der Waals surface area contributed by atoms with Crippen LogP contribution in [0.5, 0.6) is 5.75 Å². The number of piperidine rings is 1. The second-order valence-electron chi connectivity index (χ2n) is 8.61. The minimum atomic E-state index is -4.62. The number of benzene rings is 2. The van der Waals surface area contributed by atoms with Crippen molar-refractivity contribution in [1.82, 2.24) is 9.80 Å². The monoisotopic (exact) mass is 462 g/mol. The Bertz CT molecular complexity index is 994. The lowest BCUT2D eigenvalue weighted by molar-refractivity contribution is -0.133. The molecule has 2 fully saturated rings. The van der Waals surface area contributed by atoms with Crippen LogP contribution in [0.15, 0.2) is 48.5 Å². The van der Waals surface area contributed by atoms with E-state index in [9.17, 15) is 9.36 Å². The molecule has 32 heavy (non-hydrogen) atoms. The predicted octanol–water partition coefficient (Wildman–Crippen LogP) is 3.40. The number of phosphoric acid groups is 1. The highest BCUT2D eigenvalue weighted by molar-refractivity contribution is 7.46. The fraction of sp³-hybridized carbons (Fsp3) is 0.435. The Morgan fingerprint density at radius 3 is 2.38 bits per heavy atom. The first-order valence-electron chi connectivity index (χ1n) is 10.8. The summed E-state index contributed by atoms with van der Waals surface area (Å²) in [4.78, 5) is 34.6. The van der Waals surface area contributed by atoms with E-state index in [-0.39, 0.29) is 30.2 Å². The molecule has 2 aliphatic rings. The van der Waals surface area contributed by atoms with Gasteiger partial charge in [-0.3, -0.25) is 19.5 Å². The van der Waals surface area contributed by atoms with E-state index in [1.165, 1.54) is 17.7 Å². The van der Waals surface area contributed by atoms with Gasteiger partial charge in [0.1, 0.15) is 11.9 Å². The number of rotatable bonds is 6. The number of amides is 1. The number of phosphoric ester groups is 1. The molecular weight excluding hydrogens is 434 g/mol. The van der Waals surface area contributed by atoms with Gasteiger partial charge in [0.2, 0.25) is 5.91 Å². The number of hydrogen-bond donors (Lipinski definition) is 2. The summed E-state index contributed by atoms with van der Waals surface area (Å²) in [5.74, 6) is -0.217. The van der Waals surface area contributed by atoms with E-state index in [1.54, 1.807) is 12.1 Å². The van der Waals surface area contributed by atoms with Gasteiger partial charge >= 0.3 is 7.82 Å². The Labute approximate surface area is 187 Å². The molecule has 0 bridgehead atoms. The lowest BCUT2D eigenvalue weighted by atomic mass is 9.87. The Balaban J connectivity index is 1.34. The topological polar surface area (TPSA) is 90.3 Å². The number of hydrogen-bond acceptors (Lipinski definition) is 4. The van der Waals surface area contributed by atoms with Gasteiger partial charge in [-0.2, -0.15) is 0 Å². The molecule has 0 aliphatic carbocycles. The molecular formula is C23H28FN2O5P. The van der Waals surface area contributed by atoms with Crippen LogP contribution in [0.4, 0.5) is 4.39 Å². The Kier molecular flexibility index (Phi) is 6.67. The third-order valence-corrected chi connectivity index (χ3v) is 6.76. The molecule has 9 heteroatoms. The first-order chi connectivity index (χ1) is 15.2. The van der Waals surface area contributed by atoms with Gasteiger partial charge in [-0.05, 0) is 49.6 Å². The van der Waals surface area contributed by atoms with Crippen LogP contribution in [0.2, 0.25) is 0 Å². The molecule has 2 N–H and O–H groups in total. The number of halogens is 1. The summed E-state index contributed by atoms with van der Waals surface area (Å²) in [6.45, 7) is 4.10. The van der Waals surface area contributed by atoms with E-state index in [0.717, 1.165) is 11.1 Å². The Morgan fingerprint density at radius 1 is 1.06 bits per heavy atom. The third kappa shape index (κ3) is 5.38. The number of nitrogens with zero attached hydrogens (tertiary/aromatic N) is 2. The molecule has 1 amide bonds. The Hall–Kier alpha value is -2.25. The van der Waals surface area contributed by atoms with Crippen LogP contribution in [0.25, 0.3) is 0 Å². The fourth-order valence-electron chi connectivity index (χ4n) is 4.63. The second-order valence-corrected chi connectivity index (χ2v) is 9.77. The molecule has 2 saturated heterocycles. The molecule has 3 atom stereocenters. The summed E-state index contributed by atoms with van der Waals surface area (Å²) in [5, 5.41) is 0. The van der Waals surface area contributed by atoms with Gasteiger partial charge in [-0.1, -0.05) is 42.0 Å². The summed E-state index contributed by atoms with van der Waals surface area (Å²) in [7, 11) is -4.62. The number of likely N-dealkylation sites (tertiary alicyclic amines) is 2. The van der Waals surface area contributed by atoms with Crippen molar-refractivity contribution in [3.63, 3.8) is 0 Å². The average Bonchev–Trinajstić information content (AvgIpc) is 3.09. The smallest absolute Gasteiger partial charge is 0.404 e. The molecule has 0 saturated carbocycles. The van der Waals surface area contributed by atoms with E-state index >= 15 is 4.39 Å². The summed E-state index contributed by atoms with van der Waals surface area (Å²) >= 11 is 0. The third-order valence-electron chi connectivity index (χ3n) is 6.31. The number of carbonyl (C=O) groups is 1. The van der Waals surface area contributed by atoms with Crippen molar-refractivity contribution in [2.45, 2.75) is 44.4 Å². The van der Waals surface area contributed by atoms with Crippen LogP contribution in [0.1, 0.15) is 35.4 Å². The lowest BCUT2D eigenvalue weighted by Gasteiger charge is -2.37. The van der Waals surface area contributed by atoms with Crippen molar-refractivity contribution in [2.24, 2.45) is 0 Å². The largest absolute Gasteiger partial charge is 0.524 e. The summed E-state index contributed by atoms with van der Waals surface area (Å²) in [5.41, 5.74) is 3.03. The van der Waals surface area contributed by atoms with E-state index < -0.39 is 14.0 Å². The molecule has 7 nitrogen and oxygen atoms in total. The van der Waals surface area contributed by atoms with Crippen LogP contribution in [0.3, 0.4) is 0 Å². The van der Waals surface area contributed by atoms with Crippen LogP contribution >= 0.6 is 7.82 Å². The summed E-state index contributed by atoms with van der Waals surface area (Å²) in [6.07, 6.45) is 0.147. The van der Waals surface area contributed by atoms with Crippen molar-refractivity contribution in [2.75, 3.05) is 19.6 Å². The first kappa shape index (κ1) is 22.9. The maximum Gasteiger partial charge on any atom is 0.524 e. The van der Waals surface area contributed by atoms with Gasteiger partial charge in [-0.15, -0.1) is 0 Å². The van der Waals surface area contributed by atoms with Crippen molar-refractivity contribution in [1.29, 1.82) is 0 Å². The van der Waals surface area contributed by atoms with Crippen molar-refractivity contribution >= 4 is 13.7 Å². The second kappa shape index (κ2) is 9.32. The van der Waals surface area contributed by atoms with E-state index in [1.807, 2.05) is 41.0 Å². The SMILES string of the molecule is Cc1ccc(CN2CCC(N3CC[C@@H](c4ccc(OP(=O)(O)O)cc4)[C@H](F)C3)C2=O)cc1. The van der Waals surface area contributed by atoms with Gasteiger partial charge in [-0.25, -0.2) is 8.96 Å². The zero-order chi connectivity index (χ0) is 22.9. The van der Waals surface area contributed by atoms with Gasteiger partial charge in [0.15, 0.2) is 0 Å². The quantitative estimate of drug-likeness (QED) is 0.640. The molecule has 4 rings (SSSR count). The maximum atomic E-state index is 15.1. The summed E-state index contributed by atoms with van der Waals surface area (Å²) < 4.78 is 30.6. The number of carbonyl (C=O) groups excluding carboxylic acids is 1. The highest BCUT2D eigenvalue weighted by Gasteiger charge is 2.40. The molecule has 2 aromatic rings. The van der Waals surface area contributed by atoms with E-state index in [4.69, 9.17) is 9.79 Å². The molecule has 1 unspecified atom stereocenters. The first-order valence-corrected chi connectivity index (χ1v) is 12.3. The zero-order valence-electron chi connectivity index (χ0n) is 17.9. The van der Waals surface area contributed by atoms with E-state index in [0.29, 0.717) is 32.5 Å². The fourth-order valence-corrected chi connectivity index (χ4v) is 5.03. The normalized spacial score (nSPS) is 24.7. The molecule has 0 spiro atoms. The molecule has 172 valence electrons. The van der Waals surface area contributed by atoms with E-state index in [2.05, 4.69) is 4.52 Å². The minimum Gasteiger partial charge on any atom is -0.404 e. The lowest BCUT2D eigenvalue weighted by Crippen LogP contribution is -2.49. The van der Waals surface area contributed by atoms with Gasteiger partial charge in [0.25, 0.3) is 0 Å². The van der Waals surface area contributed by atoms with Crippen LogP contribution in [-0.4, -0.2) is 57.3 Å². The van der Waals surface area contributed by atoms with Gasteiger partial charge < -0.3 is 9.42 Å². The number of alkyl halides is 1. The van der Waals surface area contributed by atoms with Gasteiger partial charge in [0, 0.05) is 25.6 Å². The highest BCUT2D eigenvalue weighted by Crippen LogP contribution is 2.39. The van der Waals surface area contributed by atoms with Crippen molar-refractivity contribution in [3.8, 4) is 5.75 Å². The molecule has 2 aliphatic heterocycles. The molecule has 0 radical (unpaired) electrons. The Morgan fingerprint density at radius 2 is 1.75 bits per heavy atom. The van der Waals surface area contributed by atoms with Crippen LogP contribution in [0, 0.1) is 6.92 Å². The maximum absolute atomic E-state index is 15.1. The minimum absolute atomic E-state index is 0.0418. The summed E-state index contributed by atoms with van der Waals surface area (Å²) in [6, 6.07) is 14.0. The molecule has 2 aromatic carbocycles. The predicted molar refractivity (Wildman–Crippen MR) is 118 cm³/mol. The molecule has 2 heterocycles. The average molecular weight is 462 g/mol. The standard InChI is InChI=1S/C23H28FN2O5P/c1-16-2-4-17(5-3-16)14-26-13-11-22(23(26)27)25-12-10-20(21(24)15-25)18-6-8-19(9-7-18)31-32(28,29)30/h2-9,20-22H,10-15H2,1H3,(H2,28,29,30)/t20-,21+,22?/m0/s1. The highest BCUT2D eigenvalue weighted by atomic mass is 31.2. The van der Waals surface area contributed by atoms with Gasteiger partial charge in [0.05, 0.1) is 6.04 Å². The van der Waals surface area contributed by atoms with Crippen LogP contribution < -0.4 is 4.52 Å². The van der Waals surface area contributed by atoms with Crippen LogP contribution in [-0.2, 0) is 15.9 Å². The zero-order valence-corrected chi connectivity index (χ0v) is 18.8. The van der Waals surface area contributed by atoms with Crippen molar-refractivity contribution in [3.05, 3.63) is 65.2 Å².